The molecule has 2 N–H and O–H groups in total. The Morgan fingerprint density at radius 2 is 1.63 bits per heavy atom. The number of hydrogen-bond acceptors (Lipinski definition) is 7. The van der Waals surface area contributed by atoms with Crippen molar-refractivity contribution in [1.29, 1.82) is 0 Å². The van der Waals surface area contributed by atoms with Crippen molar-refractivity contribution in [3.63, 3.8) is 0 Å². The lowest BCUT2D eigenvalue weighted by Gasteiger charge is -2.27. The number of nitrogens with one attached hydrogen (secondary N) is 2. The van der Waals surface area contributed by atoms with Gasteiger partial charge < -0.3 is 15.5 Å². The van der Waals surface area contributed by atoms with Crippen molar-refractivity contribution in [1.82, 2.24) is 19.9 Å². The van der Waals surface area contributed by atoms with Gasteiger partial charge in [-0.3, -0.25) is 9.78 Å². The highest BCUT2D eigenvalue weighted by atomic mass is 16.1. The molecule has 0 bridgehead atoms. The molecule has 1 aromatic carbocycles. The molecular formula is C22H25N7O. The van der Waals surface area contributed by atoms with Gasteiger partial charge in [0, 0.05) is 42.4 Å². The van der Waals surface area contributed by atoms with Crippen LogP contribution in [0.2, 0.25) is 0 Å². The van der Waals surface area contributed by atoms with Crippen LogP contribution in [0.25, 0.3) is 0 Å². The number of aryl methyl sites for hydroxylation is 2. The smallest absolute Gasteiger partial charge is 0.275 e. The molecule has 0 spiro atoms. The lowest BCUT2D eigenvalue weighted by molar-refractivity contribution is 0.102. The number of carbonyl (C=O) groups excluding carboxylic acids is 1. The first-order valence-corrected chi connectivity index (χ1v) is 10.1. The molecule has 3 heterocycles. The number of benzene rings is 1. The zero-order chi connectivity index (χ0) is 20.9. The summed E-state index contributed by atoms with van der Waals surface area (Å²) in [5.41, 5.74) is 3.54. The Labute approximate surface area is 175 Å². The highest BCUT2D eigenvalue weighted by molar-refractivity contribution is 6.02. The van der Waals surface area contributed by atoms with E-state index >= 15 is 0 Å². The predicted molar refractivity (Wildman–Crippen MR) is 117 cm³/mol. The molecule has 0 saturated carbocycles. The van der Waals surface area contributed by atoms with Crippen LogP contribution in [0.4, 0.5) is 23.1 Å². The number of aromatic nitrogens is 4. The summed E-state index contributed by atoms with van der Waals surface area (Å²) in [6.45, 7) is 5.81. The number of carbonyl (C=O) groups is 1. The minimum absolute atomic E-state index is 0.282. The number of anilines is 4. The molecule has 8 nitrogen and oxygen atoms in total. The van der Waals surface area contributed by atoms with E-state index in [1.54, 1.807) is 6.20 Å². The van der Waals surface area contributed by atoms with Gasteiger partial charge in [0.1, 0.15) is 11.5 Å². The van der Waals surface area contributed by atoms with Crippen LogP contribution in [0.5, 0.6) is 0 Å². The summed E-state index contributed by atoms with van der Waals surface area (Å²) in [5, 5.41) is 6.16. The summed E-state index contributed by atoms with van der Waals surface area (Å²) >= 11 is 0. The third-order valence-corrected chi connectivity index (χ3v) is 4.91. The summed E-state index contributed by atoms with van der Waals surface area (Å²) < 4.78 is 0. The minimum atomic E-state index is -0.291. The second kappa shape index (κ2) is 8.86. The van der Waals surface area contributed by atoms with E-state index in [4.69, 9.17) is 0 Å². The molecule has 1 aliphatic rings. The van der Waals surface area contributed by atoms with E-state index in [-0.39, 0.29) is 11.6 Å². The lowest BCUT2D eigenvalue weighted by atomic mass is 10.1. The summed E-state index contributed by atoms with van der Waals surface area (Å²) in [6.07, 6.45) is 6.68. The fraction of sp³-hybridized carbons (Fsp3) is 0.318. The molecule has 0 unspecified atom stereocenters. The second-order valence-electron chi connectivity index (χ2n) is 7.44. The third kappa shape index (κ3) is 4.89. The topological polar surface area (TPSA) is 95.9 Å². The second-order valence-corrected chi connectivity index (χ2v) is 7.44. The van der Waals surface area contributed by atoms with Gasteiger partial charge in [-0.25, -0.2) is 9.97 Å². The van der Waals surface area contributed by atoms with Gasteiger partial charge in [0.25, 0.3) is 5.91 Å². The van der Waals surface area contributed by atoms with Gasteiger partial charge in [-0.05, 0) is 57.4 Å². The molecular weight excluding hydrogens is 378 g/mol. The van der Waals surface area contributed by atoms with Crippen molar-refractivity contribution >= 4 is 29.0 Å². The van der Waals surface area contributed by atoms with Crippen molar-refractivity contribution in [2.75, 3.05) is 28.6 Å². The standard InChI is InChI=1S/C22H25N7O/c1-15-12-20(28-22(25-15)29-10-4-3-5-11-29)26-17-6-8-18(9-7-17)27-21(30)19-14-23-16(2)13-24-19/h6-9,12-14H,3-5,10-11H2,1-2H3,(H,27,30)(H,25,26,28). The number of rotatable bonds is 5. The van der Waals surface area contributed by atoms with E-state index in [9.17, 15) is 4.79 Å². The molecule has 4 rings (SSSR count). The Morgan fingerprint density at radius 3 is 2.33 bits per heavy atom. The molecule has 1 aliphatic heterocycles. The Hall–Kier alpha value is -3.55. The van der Waals surface area contributed by atoms with Crippen LogP contribution in [0.15, 0.2) is 42.7 Å². The van der Waals surface area contributed by atoms with Gasteiger partial charge in [0.2, 0.25) is 5.95 Å². The fourth-order valence-electron chi connectivity index (χ4n) is 3.34. The van der Waals surface area contributed by atoms with Gasteiger partial charge in [-0.15, -0.1) is 0 Å². The van der Waals surface area contributed by atoms with Crippen molar-refractivity contribution in [2.45, 2.75) is 33.1 Å². The lowest BCUT2D eigenvalue weighted by Crippen LogP contribution is -2.31. The largest absolute Gasteiger partial charge is 0.341 e. The zero-order valence-electron chi connectivity index (χ0n) is 17.2. The van der Waals surface area contributed by atoms with Gasteiger partial charge in [-0.2, -0.15) is 4.98 Å². The number of amides is 1. The Balaban J connectivity index is 1.42. The molecule has 30 heavy (non-hydrogen) atoms. The SMILES string of the molecule is Cc1cnc(C(=O)Nc2ccc(Nc3cc(C)nc(N4CCCCC4)n3)cc2)cn1. The highest BCUT2D eigenvalue weighted by Gasteiger charge is 2.15. The molecule has 1 fully saturated rings. The van der Waals surface area contributed by atoms with E-state index in [2.05, 4.69) is 35.5 Å². The van der Waals surface area contributed by atoms with E-state index in [1.807, 2.05) is 44.2 Å². The van der Waals surface area contributed by atoms with Crippen LogP contribution < -0.4 is 15.5 Å². The maximum Gasteiger partial charge on any atom is 0.275 e. The zero-order valence-corrected chi connectivity index (χ0v) is 17.2. The van der Waals surface area contributed by atoms with Crippen molar-refractivity contribution in [3.05, 3.63) is 59.8 Å². The number of nitrogens with zero attached hydrogens (tertiary/aromatic N) is 5. The first-order valence-electron chi connectivity index (χ1n) is 10.1. The summed E-state index contributed by atoms with van der Waals surface area (Å²) in [7, 11) is 0. The van der Waals surface area contributed by atoms with Crippen LogP contribution in [0.1, 0.15) is 41.1 Å². The predicted octanol–water partition coefficient (Wildman–Crippen LogP) is 3.87. The number of piperidine rings is 1. The summed E-state index contributed by atoms with van der Waals surface area (Å²) in [6, 6.07) is 9.39. The Bertz CT molecular complexity index is 1010. The maximum atomic E-state index is 12.3. The average Bonchev–Trinajstić information content (AvgIpc) is 2.76. The van der Waals surface area contributed by atoms with Gasteiger partial charge in [-0.1, -0.05) is 0 Å². The molecule has 1 saturated heterocycles. The number of hydrogen-bond donors (Lipinski definition) is 2. The summed E-state index contributed by atoms with van der Waals surface area (Å²) in [4.78, 5) is 32.0. The van der Waals surface area contributed by atoms with E-state index < -0.39 is 0 Å². The van der Waals surface area contributed by atoms with E-state index in [1.165, 1.54) is 25.5 Å². The average molecular weight is 403 g/mol. The summed E-state index contributed by atoms with van der Waals surface area (Å²) in [5.74, 6) is 1.25. The van der Waals surface area contributed by atoms with Crippen LogP contribution in [-0.2, 0) is 0 Å². The quantitative estimate of drug-likeness (QED) is 0.667. The molecule has 0 aliphatic carbocycles. The van der Waals surface area contributed by atoms with Crippen LogP contribution in [-0.4, -0.2) is 38.9 Å². The molecule has 2 aromatic heterocycles. The van der Waals surface area contributed by atoms with Crippen LogP contribution >= 0.6 is 0 Å². The fourth-order valence-corrected chi connectivity index (χ4v) is 3.34. The minimum Gasteiger partial charge on any atom is -0.341 e. The van der Waals surface area contributed by atoms with Crippen molar-refractivity contribution in [3.8, 4) is 0 Å². The van der Waals surface area contributed by atoms with Crippen LogP contribution in [0.3, 0.4) is 0 Å². The monoisotopic (exact) mass is 403 g/mol. The molecule has 1 amide bonds. The Kier molecular flexibility index (Phi) is 5.83. The normalized spacial score (nSPS) is 13.7. The van der Waals surface area contributed by atoms with Crippen LogP contribution in [0, 0.1) is 13.8 Å². The van der Waals surface area contributed by atoms with E-state index in [0.717, 1.165) is 41.9 Å². The molecule has 0 radical (unpaired) electrons. The third-order valence-electron chi connectivity index (χ3n) is 4.91. The van der Waals surface area contributed by atoms with Gasteiger partial charge in [0.05, 0.1) is 11.9 Å². The van der Waals surface area contributed by atoms with E-state index in [0.29, 0.717) is 5.69 Å². The molecule has 154 valence electrons. The molecule has 3 aromatic rings. The van der Waals surface area contributed by atoms with Crippen molar-refractivity contribution < 1.29 is 4.79 Å². The first-order chi connectivity index (χ1) is 14.6. The molecule has 0 atom stereocenters. The highest BCUT2D eigenvalue weighted by Crippen LogP contribution is 2.22. The maximum absolute atomic E-state index is 12.3. The first kappa shape index (κ1) is 19.8. The molecule has 8 heteroatoms. The Morgan fingerprint density at radius 1 is 0.900 bits per heavy atom. The van der Waals surface area contributed by atoms with Crippen molar-refractivity contribution in [2.24, 2.45) is 0 Å². The van der Waals surface area contributed by atoms with Gasteiger partial charge in [0.15, 0.2) is 0 Å². The van der Waals surface area contributed by atoms with Gasteiger partial charge >= 0.3 is 0 Å².